The Hall–Kier alpha value is -0.960. The zero-order valence-corrected chi connectivity index (χ0v) is 9.35. The van der Waals surface area contributed by atoms with E-state index in [2.05, 4.69) is 0 Å². The van der Waals surface area contributed by atoms with E-state index < -0.39 is 17.2 Å². The number of benzene rings is 1. The highest BCUT2D eigenvalue weighted by Gasteiger charge is 2.24. The fourth-order valence-electron chi connectivity index (χ4n) is 1.28. The highest BCUT2D eigenvalue weighted by Crippen LogP contribution is 2.21. The van der Waals surface area contributed by atoms with Crippen molar-refractivity contribution in [3.63, 3.8) is 0 Å². The summed E-state index contributed by atoms with van der Waals surface area (Å²) in [5.74, 6) is -0.839. The molecule has 1 aromatic carbocycles. The molecule has 0 amide bonds. The second-order valence-corrected chi connectivity index (χ2v) is 4.57. The van der Waals surface area contributed by atoms with E-state index in [1.807, 2.05) is 20.8 Å². The van der Waals surface area contributed by atoms with Gasteiger partial charge in [0.15, 0.2) is 0 Å². The van der Waals surface area contributed by atoms with Crippen molar-refractivity contribution < 1.29 is 8.78 Å². The van der Waals surface area contributed by atoms with Crippen molar-refractivity contribution in [2.24, 2.45) is 11.7 Å². The van der Waals surface area contributed by atoms with E-state index in [-0.39, 0.29) is 5.92 Å². The molecule has 0 aromatic heterocycles. The van der Waals surface area contributed by atoms with Gasteiger partial charge in [0, 0.05) is 11.6 Å². The van der Waals surface area contributed by atoms with E-state index in [1.54, 1.807) is 0 Å². The Kier molecular flexibility index (Phi) is 3.45. The van der Waals surface area contributed by atoms with Crippen molar-refractivity contribution in [1.29, 1.82) is 0 Å². The molecule has 0 saturated carbocycles. The molecule has 2 N–H and O–H groups in total. The van der Waals surface area contributed by atoms with E-state index in [9.17, 15) is 8.78 Å². The van der Waals surface area contributed by atoms with E-state index in [1.165, 1.54) is 12.1 Å². The van der Waals surface area contributed by atoms with Crippen molar-refractivity contribution in [1.82, 2.24) is 0 Å². The van der Waals surface area contributed by atoms with Gasteiger partial charge in [0.05, 0.1) is 0 Å². The summed E-state index contributed by atoms with van der Waals surface area (Å²) in [5.41, 5.74) is 6.03. The van der Waals surface area contributed by atoms with Crippen LogP contribution in [0.15, 0.2) is 18.2 Å². The second-order valence-electron chi connectivity index (χ2n) is 4.57. The topological polar surface area (TPSA) is 26.0 Å². The summed E-state index contributed by atoms with van der Waals surface area (Å²) in [6, 6.07) is 3.61. The zero-order chi connectivity index (χ0) is 11.6. The molecule has 3 heteroatoms. The maximum absolute atomic E-state index is 13.3. The molecule has 0 heterocycles. The molecule has 1 rings (SSSR count). The molecule has 15 heavy (non-hydrogen) atoms. The van der Waals surface area contributed by atoms with Gasteiger partial charge in [0.1, 0.15) is 11.6 Å². The third kappa shape index (κ3) is 2.99. The van der Waals surface area contributed by atoms with Crippen molar-refractivity contribution in [3.05, 3.63) is 35.4 Å². The van der Waals surface area contributed by atoms with Crippen LogP contribution in [0.2, 0.25) is 0 Å². The standard InChI is InChI=1S/C12H17F2N/c1-8(2)12(3,15)7-9-4-5-10(13)6-11(9)14/h4-6,8H,7,15H2,1-3H3. The fourth-order valence-corrected chi connectivity index (χ4v) is 1.28. The van der Waals surface area contributed by atoms with Crippen molar-refractivity contribution >= 4 is 0 Å². The van der Waals surface area contributed by atoms with Gasteiger partial charge in [-0.05, 0) is 30.9 Å². The maximum atomic E-state index is 13.3. The van der Waals surface area contributed by atoms with E-state index in [4.69, 9.17) is 5.73 Å². The first kappa shape index (κ1) is 12.1. The number of halogens is 2. The van der Waals surface area contributed by atoms with E-state index in [0.717, 1.165) is 6.07 Å². The predicted molar refractivity (Wildman–Crippen MR) is 57.5 cm³/mol. The lowest BCUT2D eigenvalue weighted by Crippen LogP contribution is -2.44. The van der Waals surface area contributed by atoms with Gasteiger partial charge in [-0.1, -0.05) is 19.9 Å². The SMILES string of the molecule is CC(C)C(C)(N)Cc1ccc(F)cc1F. The van der Waals surface area contributed by atoms with Crippen LogP contribution in [0.4, 0.5) is 8.78 Å². The Morgan fingerprint density at radius 3 is 2.40 bits per heavy atom. The van der Waals surface area contributed by atoms with Gasteiger partial charge in [-0.15, -0.1) is 0 Å². The molecule has 0 aliphatic heterocycles. The number of nitrogens with two attached hydrogens (primary N) is 1. The van der Waals surface area contributed by atoms with Gasteiger partial charge >= 0.3 is 0 Å². The van der Waals surface area contributed by atoms with Gasteiger partial charge in [0.2, 0.25) is 0 Å². The summed E-state index contributed by atoms with van der Waals surface area (Å²) in [6.07, 6.45) is 0.413. The Labute approximate surface area is 89.3 Å². The van der Waals surface area contributed by atoms with Crippen LogP contribution in [0, 0.1) is 17.6 Å². The largest absolute Gasteiger partial charge is 0.325 e. The molecule has 0 bridgehead atoms. The molecule has 1 aromatic rings. The first-order chi connectivity index (χ1) is 6.83. The molecular weight excluding hydrogens is 196 g/mol. The molecule has 0 aliphatic rings. The van der Waals surface area contributed by atoms with Gasteiger partial charge < -0.3 is 5.73 Å². The quantitative estimate of drug-likeness (QED) is 0.820. The first-order valence-electron chi connectivity index (χ1n) is 5.06. The molecule has 0 fully saturated rings. The molecule has 1 atom stereocenters. The smallest absolute Gasteiger partial charge is 0.129 e. The normalized spacial score (nSPS) is 15.4. The summed E-state index contributed by atoms with van der Waals surface area (Å²) >= 11 is 0. The highest BCUT2D eigenvalue weighted by molar-refractivity contribution is 5.21. The highest BCUT2D eigenvalue weighted by atomic mass is 19.1. The minimum atomic E-state index is -0.556. The average Bonchev–Trinajstić information content (AvgIpc) is 2.09. The molecule has 84 valence electrons. The van der Waals surface area contributed by atoms with Gasteiger partial charge in [0.25, 0.3) is 0 Å². The minimum Gasteiger partial charge on any atom is -0.325 e. The Morgan fingerprint density at radius 1 is 1.33 bits per heavy atom. The summed E-state index contributed by atoms with van der Waals surface area (Å²) < 4.78 is 26.0. The Morgan fingerprint density at radius 2 is 1.93 bits per heavy atom. The first-order valence-corrected chi connectivity index (χ1v) is 5.06. The van der Waals surface area contributed by atoms with Crippen LogP contribution in [-0.4, -0.2) is 5.54 Å². The van der Waals surface area contributed by atoms with Crippen LogP contribution in [0.5, 0.6) is 0 Å². The summed E-state index contributed by atoms with van der Waals surface area (Å²) in [4.78, 5) is 0. The van der Waals surface area contributed by atoms with Crippen LogP contribution < -0.4 is 5.73 Å². The van der Waals surface area contributed by atoms with Gasteiger partial charge in [-0.2, -0.15) is 0 Å². The van der Waals surface area contributed by atoms with E-state index in [0.29, 0.717) is 12.0 Å². The lowest BCUT2D eigenvalue weighted by atomic mass is 9.83. The predicted octanol–water partition coefficient (Wildman–Crippen LogP) is 2.88. The molecule has 1 unspecified atom stereocenters. The summed E-state index contributed by atoms with van der Waals surface area (Å²) in [6.45, 7) is 5.85. The van der Waals surface area contributed by atoms with Crippen molar-refractivity contribution in [2.75, 3.05) is 0 Å². The minimum absolute atomic E-state index is 0.238. The third-order valence-electron chi connectivity index (χ3n) is 2.91. The lowest BCUT2D eigenvalue weighted by Gasteiger charge is -2.29. The van der Waals surface area contributed by atoms with E-state index >= 15 is 0 Å². The van der Waals surface area contributed by atoms with Crippen LogP contribution in [-0.2, 0) is 6.42 Å². The third-order valence-corrected chi connectivity index (χ3v) is 2.91. The van der Waals surface area contributed by atoms with Crippen LogP contribution in [0.1, 0.15) is 26.3 Å². The summed E-state index contributed by atoms with van der Waals surface area (Å²) in [5, 5.41) is 0. The molecular formula is C12H17F2N. The van der Waals surface area contributed by atoms with Crippen LogP contribution in [0.25, 0.3) is 0 Å². The van der Waals surface area contributed by atoms with Crippen LogP contribution in [0.3, 0.4) is 0 Å². The monoisotopic (exact) mass is 213 g/mol. The number of hydrogen-bond donors (Lipinski definition) is 1. The van der Waals surface area contributed by atoms with Crippen molar-refractivity contribution in [3.8, 4) is 0 Å². The Bertz CT molecular complexity index is 345. The molecule has 0 aliphatic carbocycles. The number of rotatable bonds is 3. The number of hydrogen-bond acceptors (Lipinski definition) is 1. The fraction of sp³-hybridized carbons (Fsp3) is 0.500. The van der Waals surface area contributed by atoms with Crippen molar-refractivity contribution in [2.45, 2.75) is 32.7 Å². The molecule has 0 spiro atoms. The molecule has 0 saturated heterocycles. The maximum Gasteiger partial charge on any atom is 0.129 e. The van der Waals surface area contributed by atoms with Gasteiger partial charge in [-0.25, -0.2) is 8.78 Å². The second kappa shape index (κ2) is 4.27. The lowest BCUT2D eigenvalue weighted by molar-refractivity contribution is 0.333. The molecule has 0 radical (unpaired) electrons. The van der Waals surface area contributed by atoms with Gasteiger partial charge in [-0.3, -0.25) is 0 Å². The average molecular weight is 213 g/mol. The summed E-state index contributed by atoms with van der Waals surface area (Å²) in [7, 11) is 0. The van der Waals surface area contributed by atoms with Crippen LogP contribution >= 0.6 is 0 Å². The molecule has 1 nitrogen and oxygen atoms in total. The Balaban J connectivity index is 2.90. The zero-order valence-electron chi connectivity index (χ0n) is 9.35.